The highest BCUT2D eigenvalue weighted by atomic mass is 79.9. The smallest absolute Gasteiger partial charge is 0.283 e. The number of nitrogens with zero attached hydrogens (tertiary/aromatic N) is 3. The molecule has 0 spiro atoms. The molecule has 2 aromatic rings. The summed E-state index contributed by atoms with van der Waals surface area (Å²) in [5, 5.41) is 10.4. The highest BCUT2D eigenvalue weighted by Gasteiger charge is 2.23. The maximum Gasteiger partial charge on any atom is 0.283 e. The molecule has 5 nitrogen and oxygen atoms in total. The van der Waals surface area contributed by atoms with Crippen LogP contribution in [0.1, 0.15) is 30.8 Å². The Kier molecular flexibility index (Phi) is 3.89. The zero-order chi connectivity index (χ0) is 14.1. The summed E-state index contributed by atoms with van der Waals surface area (Å²) in [7, 11) is 0. The molecule has 1 fully saturated rings. The van der Waals surface area contributed by atoms with Crippen molar-refractivity contribution >= 4 is 33.0 Å². The van der Waals surface area contributed by atoms with E-state index in [0.717, 1.165) is 11.6 Å². The molecule has 0 amide bonds. The standard InChI is InChI=1S/C13H15BrN4OS/c1-8(12-15-4-5-20-12)17-10-6-16-18(7-9-2-3-9)13(19)11(10)14/h4-6,8-9,17H,2-3,7H2,1H3. The lowest BCUT2D eigenvalue weighted by Gasteiger charge is -2.14. The van der Waals surface area contributed by atoms with Crippen LogP contribution in [0.3, 0.4) is 0 Å². The summed E-state index contributed by atoms with van der Waals surface area (Å²) in [6.45, 7) is 2.74. The number of halogens is 1. The Morgan fingerprint density at radius 1 is 1.60 bits per heavy atom. The average molecular weight is 355 g/mol. The largest absolute Gasteiger partial charge is 0.374 e. The van der Waals surface area contributed by atoms with Crippen molar-refractivity contribution < 1.29 is 0 Å². The molecule has 0 aliphatic heterocycles. The predicted molar refractivity (Wildman–Crippen MR) is 83.1 cm³/mol. The maximum absolute atomic E-state index is 12.2. The minimum Gasteiger partial charge on any atom is -0.374 e. The van der Waals surface area contributed by atoms with Crippen LogP contribution in [0, 0.1) is 5.92 Å². The van der Waals surface area contributed by atoms with Crippen LogP contribution < -0.4 is 10.9 Å². The molecule has 1 unspecified atom stereocenters. The van der Waals surface area contributed by atoms with Crippen molar-refractivity contribution in [2.24, 2.45) is 5.92 Å². The van der Waals surface area contributed by atoms with E-state index in [-0.39, 0.29) is 11.6 Å². The second-order valence-electron chi connectivity index (χ2n) is 5.04. The van der Waals surface area contributed by atoms with Crippen molar-refractivity contribution in [1.29, 1.82) is 0 Å². The number of hydrogen-bond donors (Lipinski definition) is 1. The van der Waals surface area contributed by atoms with Gasteiger partial charge in [-0.05, 0) is 41.6 Å². The van der Waals surface area contributed by atoms with Crippen LogP contribution >= 0.6 is 27.3 Å². The second-order valence-corrected chi connectivity index (χ2v) is 6.76. The zero-order valence-corrected chi connectivity index (χ0v) is 13.4. The van der Waals surface area contributed by atoms with Gasteiger partial charge in [0, 0.05) is 18.1 Å². The van der Waals surface area contributed by atoms with Crippen molar-refractivity contribution in [1.82, 2.24) is 14.8 Å². The summed E-state index contributed by atoms with van der Waals surface area (Å²) in [5.41, 5.74) is 0.637. The highest BCUT2D eigenvalue weighted by Crippen LogP contribution is 2.30. The Hall–Kier alpha value is -1.21. The normalized spacial score (nSPS) is 16.1. The Morgan fingerprint density at radius 2 is 2.40 bits per heavy atom. The third-order valence-corrected chi connectivity index (χ3v) is 5.03. The maximum atomic E-state index is 12.2. The molecule has 0 saturated heterocycles. The van der Waals surface area contributed by atoms with Gasteiger partial charge in [-0.3, -0.25) is 4.79 Å². The van der Waals surface area contributed by atoms with Crippen LogP contribution in [-0.4, -0.2) is 14.8 Å². The van der Waals surface area contributed by atoms with E-state index in [1.54, 1.807) is 28.4 Å². The van der Waals surface area contributed by atoms with E-state index >= 15 is 0 Å². The molecular formula is C13H15BrN4OS. The van der Waals surface area contributed by atoms with Gasteiger partial charge in [-0.1, -0.05) is 0 Å². The van der Waals surface area contributed by atoms with Gasteiger partial charge < -0.3 is 5.32 Å². The Balaban J connectivity index is 1.79. The molecule has 1 N–H and O–H groups in total. The van der Waals surface area contributed by atoms with Crippen molar-refractivity contribution in [3.8, 4) is 0 Å². The van der Waals surface area contributed by atoms with Crippen molar-refractivity contribution in [2.75, 3.05) is 5.32 Å². The van der Waals surface area contributed by atoms with Crippen LogP contribution in [0.5, 0.6) is 0 Å². The fraction of sp³-hybridized carbons (Fsp3) is 0.462. The van der Waals surface area contributed by atoms with Gasteiger partial charge in [0.05, 0.1) is 17.9 Å². The molecule has 106 valence electrons. The fourth-order valence-electron chi connectivity index (χ4n) is 1.98. The molecule has 2 heterocycles. The minimum atomic E-state index is -0.0757. The van der Waals surface area contributed by atoms with E-state index in [0.29, 0.717) is 16.1 Å². The third kappa shape index (κ3) is 2.93. The van der Waals surface area contributed by atoms with E-state index in [2.05, 4.69) is 31.3 Å². The lowest BCUT2D eigenvalue weighted by molar-refractivity contribution is 0.531. The fourth-order valence-corrected chi connectivity index (χ4v) is 3.05. The number of thiazole rings is 1. The molecule has 0 bridgehead atoms. The van der Waals surface area contributed by atoms with Crippen LogP contribution in [0.15, 0.2) is 27.0 Å². The van der Waals surface area contributed by atoms with Gasteiger partial charge in [-0.25, -0.2) is 9.67 Å². The van der Waals surface area contributed by atoms with Crippen LogP contribution in [0.2, 0.25) is 0 Å². The quantitative estimate of drug-likeness (QED) is 0.896. The summed E-state index contributed by atoms with van der Waals surface area (Å²) in [6, 6.07) is 0.0479. The van der Waals surface area contributed by atoms with E-state index in [9.17, 15) is 4.79 Å². The summed E-state index contributed by atoms with van der Waals surface area (Å²) >= 11 is 4.97. The molecule has 20 heavy (non-hydrogen) atoms. The first kappa shape index (κ1) is 13.8. The molecule has 0 aromatic carbocycles. The van der Waals surface area contributed by atoms with Gasteiger partial charge in [0.2, 0.25) is 0 Å². The lowest BCUT2D eigenvalue weighted by atomic mass is 10.3. The first-order valence-electron chi connectivity index (χ1n) is 6.56. The zero-order valence-electron chi connectivity index (χ0n) is 11.0. The van der Waals surface area contributed by atoms with Crippen LogP contribution in [0.4, 0.5) is 5.69 Å². The summed E-state index contributed by atoms with van der Waals surface area (Å²) < 4.78 is 2.08. The first-order valence-corrected chi connectivity index (χ1v) is 8.24. The molecule has 1 aliphatic carbocycles. The number of rotatable bonds is 5. The van der Waals surface area contributed by atoms with Crippen LogP contribution in [-0.2, 0) is 6.54 Å². The SMILES string of the molecule is CC(Nc1cnn(CC2CC2)c(=O)c1Br)c1nccs1. The molecule has 0 radical (unpaired) electrons. The molecule has 7 heteroatoms. The Bertz CT molecular complexity index is 651. The van der Waals surface area contributed by atoms with Gasteiger partial charge in [-0.2, -0.15) is 5.10 Å². The molecule has 1 atom stereocenters. The molecule has 1 saturated carbocycles. The molecule has 3 rings (SSSR count). The Morgan fingerprint density at radius 3 is 3.05 bits per heavy atom. The van der Waals surface area contributed by atoms with Gasteiger partial charge in [0.15, 0.2) is 0 Å². The lowest BCUT2D eigenvalue weighted by Crippen LogP contribution is -2.25. The van der Waals surface area contributed by atoms with Crippen molar-refractivity contribution in [2.45, 2.75) is 32.4 Å². The van der Waals surface area contributed by atoms with E-state index in [1.807, 2.05) is 12.3 Å². The predicted octanol–water partition coefficient (Wildman–Crippen LogP) is 3.05. The van der Waals surface area contributed by atoms with Gasteiger partial charge in [0.1, 0.15) is 9.48 Å². The van der Waals surface area contributed by atoms with E-state index in [1.165, 1.54) is 12.8 Å². The average Bonchev–Trinajstić information content (AvgIpc) is 3.07. The Labute approximate surface area is 129 Å². The molecule has 1 aliphatic rings. The summed E-state index contributed by atoms with van der Waals surface area (Å²) in [5.74, 6) is 0.625. The first-order chi connectivity index (χ1) is 9.65. The second kappa shape index (κ2) is 5.65. The number of anilines is 1. The molecule has 2 aromatic heterocycles. The van der Waals surface area contributed by atoms with Gasteiger partial charge in [0.25, 0.3) is 5.56 Å². The van der Waals surface area contributed by atoms with Crippen LogP contribution in [0.25, 0.3) is 0 Å². The number of hydrogen-bond acceptors (Lipinski definition) is 5. The number of aromatic nitrogens is 3. The van der Waals surface area contributed by atoms with Crippen molar-refractivity contribution in [3.05, 3.63) is 37.6 Å². The van der Waals surface area contributed by atoms with Gasteiger partial charge >= 0.3 is 0 Å². The topological polar surface area (TPSA) is 59.8 Å². The van der Waals surface area contributed by atoms with E-state index < -0.39 is 0 Å². The van der Waals surface area contributed by atoms with E-state index in [4.69, 9.17) is 0 Å². The summed E-state index contributed by atoms with van der Waals surface area (Å²) in [6.07, 6.45) is 5.89. The minimum absolute atomic E-state index is 0.0479. The van der Waals surface area contributed by atoms with Crippen molar-refractivity contribution in [3.63, 3.8) is 0 Å². The molecular weight excluding hydrogens is 340 g/mol. The third-order valence-electron chi connectivity index (χ3n) is 3.31. The summed E-state index contributed by atoms with van der Waals surface area (Å²) in [4.78, 5) is 16.5. The highest BCUT2D eigenvalue weighted by molar-refractivity contribution is 9.10. The monoisotopic (exact) mass is 354 g/mol. The number of nitrogens with one attached hydrogen (secondary N) is 1. The van der Waals surface area contributed by atoms with Gasteiger partial charge in [-0.15, -0.1) is 11.3 Å².